The molecule has 0 bridgehead atoms. The van der Waals surface area contributed by atoms with Crippen LogP contribution in [0.4, 0.5) is 0 Å². The van der Waals surface area contributed by atoms with Crippen molar-refractivity contribution in [2.75, 3.05) is 0 Å². The predicted molar refractivity (Wildman–Crippen MR) is 121 cm³/mol. The Morgan fingerprint density at radius 2 is 1.41 bits per heavy atom. The molecule has 1 saturated heterocycles. The van der Waals surface area contributed by atoms with Crippen LogP contribution in [0.3, 0.4) is 0 Å². The number of aliphatic carboxylic acids is 1. The third-order valence-electron chi connectivity index (χ3n) is 7.50. The van der Waals surface area contributed by atoms with E-state index in [0.717, 1.165) is 38.5 Å². The number of rotatable bonds is 13. The summed E-state index contributed by atoms with van der Waals surface area (Å²) in [7, 11) is 0. The van der Waals surface area contributed by atoms with E-state index in [9.17, 15) is 30.0 Å². The number of carboxylic acid groups (broad SMARTS) is 1. The van der Waals surface area contributed by atoms with Gasteiger partial charge >= 0.3 is 5.97 Å². The summed E-state index contributed by atoms with van der Waals surface area (Å²) in [6.07, 6.45) is 5.93. The number of aliphatic hydroxyl groups is 3. The molecule has 1 aliphatic carbocycles. The van der Waals surface area contributed by atoms with Gasteiger partial charge in [-0.3, -0.25) is 4.79 Å². The van der Waals surface area contributed by atoms with E-state index >= 15 is 0 Å². The molecule has 0 radical (unpaired) electrons. The van der Waals surface area contributed by atoms with Gasteiger partial charge in [0, 0.05) is 12.3 Å². The molecule has 32 heavy (non-hydrogen) atoms. The Labute approximate surface area is 192 Å². The Hall–Kier alpha value is -1.02. The molecule has 7 heteroatoms. The number of ether oxygens (including phenoxy) is 1. The second kappa shape index (κ2) is 13.6. The lowest BCUT2D eigenvalue weighted by Gasteiger charge is -2.45. The van der Waals surface area contributed by atoms with Crippen molar-refractivity contribution in [1.29, 1.82) is 0 Å². The molecule has 4 N–H and O–H groups in total. The second-order valence-electron chi connectivity index (χ2n) is 9.92. The first-order valence-corrected chi connectivity index (χ1v) is 12.8. The summed E-state index contributed by atoms with van der Waals surface area (Å²) in [6, 6.07) is 0. The molecule has 0 aromatic carbocycles. The van der Waals surface area contributed by atoms with Crippen LogP contribution in [0.25, 0.3) is 0 Å². The highest BCUT2D eigenvalue weighted by atomic mass is 16.6. The fraction of sp³-hybridized carbons (Fsp3) is 0.920. The zero-order chi connectivity index (χ0) is 23.7. The van der Waals surface area contributed by atoms with Crippen molar-refractivity contribution >= 4 is 11.8 Å². The van der Waals surface area contributed by atoms with Crippen molar-refractivity contribution in [3.63, 3.8) is 0 Å². The molecule has 186 valence electrons. The Balaban J connectivity index is 2.08. The van der Waals surface area contributed by atoms with Crippen molar-refractivity contribution in [3.8, 4) is 0 Å². The fourth-order valence-electron chi connectivity index (χ4n) is 5.52. The lowest BCUT2D eigenvalue weighted by atomic mass is 9.67. The molecule has 2 aliphatic rings. The van der Waals surface area contributed by atoms with E-state index in [1.165, 1.54) is 32.1 Å². The second-order valence-corrected chi connectivity index (χ2v) is 9.92. The van der Waals surface area contributed by atoms with Crippen LogP contribution in [-0.2, 0) is 14.3 Å². The predicted octanol–water partition coefficient (Wildman–Crippen LogP) is 3.46. The molecule has 2 rings (SSSR count). The number of Topliss-reactive ketones (excluding diaryl/α,β-unsaturated/α-hetero) is 1. The highest BCUT2D eigenvalue weighted by molar-refractivity contribution is 5.83. The van der Waals surface area contributed by atoms with Crippen LogP contribution in [0.15, 0.2) is 0 Å². The third kappa shape index (κ3) is 7.24. The smallest absolute Gasteiger partial charge is 0.335 e. The van der Waals surface area contributed by atoms with Crippen LogP contribution < -0.4 is 0 Å². The van der Waals surface area contributed by atoms with Crippen LogP contribution in [0.2, 0.25) is 0 Å². The van der Waals surface area contributed by atoms with Crippen molar-refractivity contribution in [2.24, 2.45) is 17.8 Å². The van der Waals surface area contributed by atoms with Crippen LogP contribution in [0.1, 0.15) is 97.3 Å². The first-order valence-electron chi connectivity index (χ1n) is 12.8. The summed E-state index contributed by atoms with van der Waals surface area (Å²) in [5, 5.41) is 40.1. The van der Waals surface area contributed by atoms with Gasteiger partial charge in [0.2, 0.25) is 0 Å². The minimum atomic E-state index is -1.72. The van der Waals surface area contributed by atoms with Gasteiger partial charge in [0.1, 0.15) is 24.1 Å². The first kappa shape index (κ1) is 27.2. The highest BCUT2D eigenvalue weighted by Crippen LogP contribution is 2.42. The van der Waals surface area contributed by atoms with E-state index in [1.807, 2.05) is 0 Å². The van der Waals surface area contributed by atoms with Crippen molar-refractivity contribution in [2.45, 2.75) is 128 Å². The van der Waals surface area contributed by atoms with E-state index in [2.05, 4.69) is 13.8 Å². The van der Waals surface area contributed by atoms with E-state index in [0.29, 0.717) is 24.7 Å². The molecule has 7 nitrogen and oxygen atoms in total. The summed E-state index contributed by atoms with van der Waals surface area (Å²) < 4.78 is 5.52. The quantitative estimate of drug-likeness (QED) is 0.313. The summed E-state index contributed by atoms with van der Waals surface area (Å²) in [5.74, 6) is -1.44. The summed E-state index contributed by atoms with van der Waals surface area (Å²) in [5.41, 5.74) is 0. The van der Waals surface area contributed by atoms with Crippen molar-refractivity contribution < 1.29 is 34.8 Å². The van der Waals surface area contributed by atoms with E-state index in [1.54, 1.807) is 0 Å². The largest absolute Gasteiger partial charge is 0.479 e. The number of aliphatic hydroxyl groups excluding tert-OH is 3. The fourth-order valence-corrected chi connectivity index (χ4v) is 5.52. The molecular weight excluding hydrogens is 412 g/mol. The molecule has 2 fully saturated rings. The summed E-state index contributed by atoms with van der Waals surface area (Å²) in [4.78, 5) is 24.6. The van der Waals surface area contributed by atoms with Gasteiger partial charge in [-0.05, 0) is 24.7 Å². The maximum Gasteiger partial charge on any atom is 0.335 e. The number of ketones is 1. The normalized spacial score (nSPS) is 35.7. The average molecular weight is 457 g/mol. The lowest BCUT2D eigenvalue weighted by molar-refractivity contribution is -0.239. The van der Waals surface area contributed by atoms with E-state index < -0.39 is 42.4 Å². The molecular formula is C25H44O7. The molecule has 0 aromatic heterocycles. The molecule has 0 amide bonds. The topological polar surface area (TPSA) is 124 Å². The standard InChI is InChI=1S/C25H44O7/c1-3-5-7-9-11-13-17-15-19(26)18(14-16(17)12-10-8-6-4-2)23-21(28)20(27)22(29)24(32-23)25(30)31/h16-18,20-24,27-29H,3-15H2,1-2H3,(H,30,31). The summed E-state index contributed by atoms with van der Waals surface area (Å²) in [6.45, 7) is 4.37. The molecule has 8 unspecified atom stereocenters. The minimum absolute atomic E-state index is 0.0230. The maximum atomic E-state index is 13.1. The first-order chi connectivity index (χ1) is 15.3. The molecule has 0 spiro atoms. The van der Waals surface area contributed by atoms with Gasteiger partial charge < -0.3 is 25.2 Å². The Kier molecular flexibility index (Phi) is 11.6. The monoisotopic (exact) mass is 456 g/mol. The SMILES string of the molecule is CCCCCCCC1CC(=O)C(C2OC(C(=O)O)C(O)C(O)C2O)CC1CCCCCC. The number of hydrogen-bond acceptors (Lipinski definition) is 6. The van der Waals surface area contributed by atoms with Crippen LogP contribution in [0, 0.1) is 17.8 Å². The number of hydrogen-bond donors (Lipinski definition) is 4. The number of carboxylic acids is 1. The molecule has 1 heterocycles. The molecule has 8 atom stereocenters. The lowest BCUT2D eigenvalue weighted by Crippen LogP contribution is -2.62. The van der Waals surface area contributed by atoms with Crippen LogP contribution >= 0.6 is 0 Å². The van der Waals surface area contributed by atoms with Gasteiger partial charge in [0.05, 0.1) is 6.10 Å². The Morgan fingerprint density at radius 3 is 2.00 bits per heavy atom. The van der Waals surface area contributed by atoms with Gasteiger partial charge in [0.25, 0.3) is 0 Å². The average Bonchev–Trinajstić information content (AvgIpc) is 2.76. The van der Waals surface area contributed by atoms with Crippen molar-refractivity contribution in [3.05, 3.63) is 0 Å². The zero-order valence-electron chi connectivity index (χ0n) is 19.8. The highest BCUT2D eigenvalue weighted by Gasteiger charge is 2.52. The van der Waals surface area contributed by atoms with Crippen molar-refractivity contribution in [1.82, 2.24) is 0 Å². The van der Waals surface area contributed by atoms with Gasteiger partial charge in [-0.1, -0.05) is 78.1 Å². The zero-order valence-corrected chi connectivity index (χ0v) is 19.8. The number of carbonyl (C=O) groups is 2. The third-order valence-corrected chi connectivity index (χ3v) is 7.50. The van der Waals surface area contributed by atoms with Crippen LogP contribution in [0.5, 0.6) is 0 Å². The number of unbranched alkanes of at least 4 members (excludes halogenated alkanes) is 7. The molecule has 0 aromatic rings. The maximum absolute atomic E-state index is 13.1. The van der Waals surface area contributed by atoms with Gasteiger partial charge in [-0.25, -0.2) is 4.79 Å². The van der Waals surface area contributed by atoms with E-state index in [-0.39, 0.29) is 5.78 Å². The Bertz CT molecular complexity index is 581. The number of carbonyl (C=O) groups excluding carboxylic acids is 1. The van der Waals surface area contributed by atoms with Gasteiger partial charge in [-0.15, -0.1) is 0 Å². The molecule has 1 aliphatic heterocycles. The Morgan fingerprint density at radius 1 is 0.844 bits per heavy atom. The van der Waals surface area contributed by atoms with Crippen LogP contribution in [-0.4, -0.2) is 62.7 Å². The van der Waals surface area contributed by atoms with Gasteiger partial charge in [0.15, 0.2) is 6.10 Å². The summed E-state index contributed by atoms with van der Waals surface area (Å²) >= 11 is 0. The van der Waals surface area contributed by atoms with E-state index in [4.69, 9.17) is 4.74 Å². The molecule has 1 saturated carbocycles. The van der Waals surface area contributed by atoms with Gasteiger partial charge in [-0.2, -0.15) is 0 Å². The minimum Gasteiger partial charge on any atom is -0.479 e.